The van der Waals surface area contributed by atoms with E-state index in [0.29, 0.717) is 6.42 Å². The molecule has 1 N–H and O–H groups in total. The maximum atomic E-state index is 11.8. The van der Waals surface area contributed by atoms with E-state index in [0.717, 1.165) is 0 Å². The molecule has 0 aliphatic carbocycles. The first kappa shape index (κ1) is 16.4. The van der Waals surface area contributed by atoms with E-state index in [-0.39, 0.29) is 11.8 Å². The van der Waals surface area contributed by atoms with Gasteiger partial charge in [-0.05, 0) is 34.4 Å². The van der Waals surface area contributed by atoms with Crippen LogP contribution < -0.4 is 0 Å². The lowest BCUT2D eigenvalue weighted by Gasteiger charge is -2.39. The van der Waals surface area contributed by atoms with E-state index in [1.165, 1.54) is 15.3 Å². The third kappa shape index (κ3) is 3.42. The summed E-state index contributed by atoms with van der Waals surface area (Å²) in [6.07, 6.45) is 0.680. The summed E-state index contributed by atoms with van der Waals surface area (Å²) < 4.78 is 0. The fourth-order valence-corrected chi connectivity index (χ4v) is 4.88. The van der Waals surface area contributed by atoms with E-state index in [4.69, 9.17) is 0 Å². The van der Waals surface area contributed by atoms with E-state index in [1.54, 1.807) is 22.7 Å². The summed E-state index contributed by atoms with van der Waals surface area (Å²) in [5.41, 5.74) is 0.375. The van der Waals surface area contributed by atoms with Gasteiger partial charge in [-0.25, -0.2) is 0 Å². The zero-order valence-corrected chi connectivity index (χ0v) is 15.1. The highest BCUT2D eigenvalue weighted by molar-refractivity contribution is 7.10. The van der Waals surface area contributed by atoms with Crippen molar-refractivity contribution in [2.24, 2.45) is 5.92 Å². The number of hydrogen-bond donors (Lipinski definition) is 1. The van der Waals surface area contributed by atoms with Gasteiger partial charge in [-0.1, -0.05) is 56.3 Å². The lowest BCUT2D eigenvalue weighted by atomic mass is 9.72. The normalized spacial score (nSPS) is 15.5. The van der Waals surface area contributed by atoms with Gasteiger partial charge >= 0.3 is 0 Å². The van der Waals surface area contributed by atoms with E-state index in [2.05, 4.69) is 73.1 Å². The third-order valence-corrected chi connectivity index (χ3v) is 6.31. The Labute approximate surface area is 146 Å². The molecular weight excluding hydrogens is 320 g/mol. The van der Waals surface area contributed by atoms with Crippen LogP contribution in [-0.4, -0.2) is 10.7 Å². The van der Waals surface area contributed by atoms with Crippen LogP contribution >= 0.6 is 22.7 Å². The molecule has 3 aromatic rings. The number of thiophene rings is 2. The van der Waals surface area contributed by atoms with Crippen LogP contribution in [0.4, 0.5) is 0 Å². The Kier molecular flexibility index (Phi) is 5.00. The lowest BCUT2D eigenvalue weighted by molar-refractivity contribution is -0.0186. The topological polar surface area (TPSA) is 20.2 Å². The van der Waals surface area contributed by atoms with Crippen LogP contribution in [0.3, 0.4) is 0 Å². The molecule has 2 atom stereocenters. The molecular formula is C20H22OS2. The molecule has 0 radical (unpaired) electrons. The highest BCUT2D eigenvalue weighted by Gasteiger charge is 2.42. The highest BCUT2D eigenvalue weighted by atomic mass is 32.1. The van der Waals surface area contributed by atoms with Gasteiger partial charge in [-0.2, -0.15) is 0 Å². The molecule has 0 aliphatic heterocycles. The van der Waals surface area contributed by atoms with E-state index < -0.39 is 5.60 Å². The molecule has 3 rings (SSSR count). The van der Waals surface area contributed by atoms with Gasteiger partial charge in [-0.15, -0.1) is 22.7 Å². The molecule has 0 fully saturated rings. The summed E-state index contributed by atoms with van der Waals surface area (Å²) in [5.74, 6) is 0.141. The van der Waals surface area contributed by atoms with Gasteiger partial charge in [0.15, 0.2) is 0 Å². The second-order valence-corrected chi connectivity index (χ2v) is 8.27. The van der Waals surface area contributed by atoms with Crippen molar-refractivity contribution >= 4 is 22.7 Å². The molecule has 2 unspecified atom stereocenters. The summed E-state index contributed by atoms with van der Waals surface area (Å²) in [7, 11) is 0. The number of rotatable bonds is 6. The second-order valence-electron chi connectivity index (χ2n) is 6.26. The molecule has 0 bridgehead atoms. The molecule has 0 amide bonds. The molecule has 23 heavy (non-hydrogen) atoms. The molecule has 0 aliphatic rings. The van der Waals surface area contributed by atoms with Crippen LogP contribution in [0.15, 0.2) is 65.4 Å². The first-order valence-electron chi connectivity index (χ1n) is 7.94. The Morgan fingerprint density at radius 3 is 2.17 bits per heavy atom. The van der Waals surface area contributed by atoms with Crippen LogP contribution in [0.2, 0.25) is 0 Å². The van der Waals surface area contributed by atoms with Crippen molar-refractivity contribution in [3.63, 3.8) is 0 Å². The molecule has 1 nitrogen and oxygen atoms in total. The number of hydrogen-bond acceptors (Lipinski definition) is 3. The van der Waals surface area contributed by atoms with Gasteiger partial charge < -0.3 is 5.11 Å². The maximum Gasteiger partial charge on any atom is 0.0835 e. The van der Waals surface area contributed by atoms with Crippen molar-refractivity contribution in [1.82, 2.24) is 0 Å². The predicted molar refractivity (Wildman–Crippen MR) is 100 cm³/mol. The minimum absolute atomic E-state index is 0.00852. The Balaban J connectivity index is 2.08. The minimum atomic E-state index is -0.808. The van der Waals surface area contributed by atoms with Crippen LogP contribution in [0.25, 0.3) is 0 Å². The maximum absolute atomic E-state index is 11.8. The average molecular weight is 343 g/mol. The zero-order chi connectivity index (χ0) is 16.3. The van der Waals surface area contributed by atoms with Gasteiger partial charge in [0.25, 0.3) is 0 Å². The quantitative estimate of drug-likeness (QED) is 0.621. The molecule has 0 saturated carbocycles. The first-order chi connectivity index (χ1) is 11.1. The van der Waals surface area contributed by atoms with E-state index in [9.17, 15) is 5.11 Å². The number of aliphatic hydroxyl groups is 1. The van der Waals surface area contributed by atoms with Crippen LogP contribution in [0.5, 0.6) is 0 Å². The standard InChI is InChI=1S/C20H22OS2/c1-15(2)20(21,14-17-10-6-12-22-17)19(18-11-7-13-23-18)16-8-4-3-5-9-16/h3-13,15,19,21H,14H2,1-2H3. The molecule has 1 aromatic carbocycles. The average Bonchev–Trinajstić information content (AvgIpc) is 3.22. The van der Waals surface area contributed by atoms with Crippen molar-refractivity contribution in [3.8, 4) is 0 Å². The van der Waals surface area contributed by atoms with Crippen molar-refractivity contribution in [3.05, 3.63) is 80.7 Å². The largest absolute Gasteiger partial charge is 0.388 e. The molecule has 2 aromatic heterocycles. The zero-order valence-electron chi connectivity index (χ0n) is 13.5. The fourth-order valence-electron chi connectivity index (χ4n) is 3.13. The van der Waals surface area contributed by atoms with Gasteiger partial charge in [0.1, 0.15) is 0 Å². The Morgan fingerprint density at radius 1 is 0.913 bits per heavy atom. The van der Waals surface area contributed by atoms with Gasteiger partial charge in [0.05, 0.1) is 5.60 Å². The van der Waals surface area contributed by atoms with Crippen molar-refractivity contribution in [1.29, 1.82) is 0 Å². The third-order valence-electron chi connectivity index (χ3n) is 4.50. The molecule has 0 saturated heterocycles. The molecule has 2 heterocycles. The molecule has 0 spiro atoms. The molecule has 120 valence electrons. The Morgan fingerprint density at radius 2 is 1.61 bits per heavy atom. The summed E-state index contributed by atoms with van der Waals surface area (Å²) in [6, 6.07) is 18.8. The van der Waals surface area contributed by atoms with Gasteiger partial charge in [0, 0.05) is 22.1 Å². The highest BCUT2D eigenvalue weighted by Crippen LogP contribution is 2.43. The summed E-state index contributed by atoms with van der Waals surface area (Å²) in [6.45, 7) is 4.24. The van der Waals surface area contributed by atoms with Gasteiger partial charge in [-0.3, -0.25) is 0 Å². The van der Waals surface area contributed by atoms with Crippen molar-refractivity contribution in [2.45, 2.75) is 31.8 Å². The monoisotopic (exact) mass is 342 g/mol. The molecule has 3 heteroatoms. The Hall–Kier alpha value is -1.42. The van der Waals surface area contributed by atoms with Crippen LogP contribution in [0.1, 0.15) is 35.1 Å². The SMILES string of the molecule is CC(C)C(O)(Cc1cccs1)C(c1ccccc1)c1cccs1. The lowest BCUT2D eigenvalue weighted by Crippen LogP contribution is -2.44. The second kappa shape index (κ2) is 7.00. The summed E-state index contributed by atoms with van der Waals surface area (Å²) in [5, 5.41) is 15.9. The van der Waals surface area contributed by atoms with Gasteiger partial charge in [0.2, 0.25) is 0 Å². The fraction of sp³-hybridized carbons (Fsp3) is 0.300. The first-order valence-corrected chi connectivity index (χ1v) is 9.70. The summed E-state index contributed by atoms with van der Waals surface area (Å²) >= 11 is 3.45. The van der Waals surface area contributed by atoms with E-state index >= 15 is 0 Å². The van der Waals surface area contributed by atoms with Crippen LogP contribution in [-0.2, 0) is 6.42 Å². The van der Waals surface area contributed by atoms with Crippen molar-refractivity contribution in [2.75, 3.05) is 0 Å². The smallest absolute Gasteiger partial charge is 0.0835 e. The van der Waals surface area contributed by atoms with E-state index in [1.807, 2.05) is 6.07 Å². The predicted octanol–water partition coefficient (Wildman–Crippen LogP) is 5.57. The minimum Gasteiger partial charge on any atom is -0.388 e. The van der Waals surface area contributed by atoms with Crippen LogP contribution in [0, 0.1) is 5.92 Å². The number of benzene rings is 1. The van der Waals surface area contributed by atoms with Crippen molar-refractivity contribution < 1.29 is 5.11 Å². The summed E-state index contributed by atoms with van der Waals surface area (Å²) in [4.78, 5) is 2.46. The Bertz CT molecular complexity index is 701.